The molecule has 2 N–H and O–H groups in total. The second-order valence-electron chi connectivity index (χ2n) is 4.96. The van der Waals surface area contributed by atoms with Crippen LogP contribution in [0.15, 0.2) is 42.6 Å². The quantitative estimate of drug-likeness (QED) is 0.818. The summed E-state index contributed by atoms with van der Waals surface area (Å²) in [6.45, 7) is 6.25. The van der Waals surface area contributed by atoms with Crippen LogP contribution in [0.25, 0.3) is 0 Å². The van der Waals surface area contributed by atoms with Gasteiger partial charge in [-0.25, -0.2) is 0 Å². The van der Waals surface area contributed by atoms with E-state index in [0.29, 0.717) is 6.42 Å². The number of hydrogen-bond donors (Lipinski definition) is 2. The lowest BCUT2D eigenvalue weighted by Gasteiger charge is -2.21. The number of amides is 1. The van der Waals surface area contributed by atoms with Crippen molar-refractivity contribution in [1.29, 1.82) is 0 Å². The Labute approximate surface area is 126 Å². The van der Waals surface area contributed by atoms with Crippen molar-refractivity contribution in [2.24, 2.45) is 0 Å². The van der Waals surface area contributed by atoms with Gasteiger partial charge in [0.1, 0.15) is 0 Å². The van der Waals surface area contributed by atoms with Crippen LogP contribution in [0.1, 0.15) is 26.0 Å². The van der Waals surface area contributed by atoms with Crippen molar-refractivity contribution >= 4 is 17.3 Å². The van der Waals surface area contributed by atoms with Gasteiger partial charge in [-0.15, -0.1) is 0 Å². The van der Waals surface area contributed by atoms with E-state index in [9.17, 15) is 4.79 Å². The molecule has 0 bridgehead atoms. The highest BCUT2D eigenvalue weighted by molar-refractivity contribution is 5.91. The number of carbonyl (C=O) groups is 1. The fourth-order valence-corrected chi connectivity index (χ4v) is 2.34. The Bertz CT molecular complexity index is 542. The summed E-state index contributed by atoms with van der Waals surface area (Å²) in [7, 11) is 0. The van der Waals surface area contributed by atoms with Gasteiger partial charge in [-0.1, -0.05) is 0 Å². The SMILES string of the molecule is CCN(CC)c1ccc(NC(=O)CCc2ccc[nH]2)cc1. The summed E-state index contributed by atoms with van der Waals surface area (Å²) in [5.74, 6) is 0.0418. The van der Waals surface area contributed by atoms with E-state index in [4.69, 9.17) is 0 Å². The molecule has 0 saturated carbocycles. The van der Waals surface area contributed by atoms with Crippen molar-refractivity contribution in [1.82, 2.24) is 4.98 Å². The molecule has 0 aliphatic carbocycles. The monoisotopic (exact) mass is 285 g/mol. The van der Waals surface area contributed by atoms with Gasteiger partial charge in [0.25, 0.3) is 0 Å². The summed E-state index contributed by atoms with van der Waals surface area (Å²) in [5.41, 5.74) is 3.12. The number of rotatable bonds is 7. The van der Waals surface area contributed by atoms with Crippen molar-refractivity contribution in [3.63, 3.8) is 0 Å². The average molecular weight is 285 g/mol. The minimum Gasteiger partial charge on any atom is -0.372 e. The lowest BCUT2D eigenvalue weighted by Crippen LogP contribution is -2.21. The molecule has 1 aromatic heterocycles. The first-order valence-electron chi connectivity index (χ1n) is 7.50. The molecule has 0 radical (unpaired) electrons. The smallest absolute Gasteiger partial charge is 0.224 e. The Kier molecular flexibility index (Phi) is 5.43. The predicted molar refractivity (Wildman–Crippen MR) is 87.7 cm³/mol. The summed E-state index contributed by atoms with van der Waals surface area (Å²) in [6.07, 6.45) is 3.09. The van der Waals surface area contributed by atoms with Crippen LogP contribution in [0.3, 0.4) is 0 Å². The van der Waals surface area contributed by atoms with Gasteiger partial charge in [0.15, 0.2) is 0 Å². The maximum absolute atomic E-state index is 11.9. The van der Waals surface area contributed by atoms with Crippen LogP contribution in [0.5, 0.6) is 0 Å². The number of H-pyrrole nitrogens is 1. The standard InChI is InChI=1S/C17H23N3O/c1-3-20(4-2)16-10-7-15(8-11-16)19-17(21)12-9-14-6-5-13-18-14/h5-8,10-11,13,18H,3-4,9,12H2,1-2H3,(H,19,21). The molecule has 4 nitrogen and oxygen atoms in total. The lowest BCUT2D eigenvalue weighted by atomic mass is 10.2. The molecule has 0 spiro atoms. The number of benzene rings is 1. The molecule has 0 fully saturated rings. The molecule has 1 heterocycles. The second kappa shape index (κ2) is 7.53. The largest absolute Gasteiger partial charge is 0.372 e. The zero-order valence-electron chi connectivity index (χ0n) is 12.7. The normalized spacial score (nSPS) is 10.4. The molecule has 2 aromatic rings. The summed E-state index contributed by atoms with van der Waals surface area (Å²) in [6, 6.07) is 12.0. The molecule has 0 aliphatic heterocycles. The molecule has 1 amide bonds. The van der Waals surface area contributed by atoms with E-state index in [1.54, 1.807) is 0 Å². The van der Waals surface area contributed by atoms with Gasteiger partial charge in [-0.3, -0.25) is 4.79 Å². The van der Waals surface area contributed by atoms with Crippen LogP contribution >= 0.6 is 0 Å². The Morgan fingerprint density at radius 2 is 1.86 bits per heavy atom. The van der Waals surface area contributed by atoms with E-state index in [1.807, 2.05) is 42.6 Å². The average Bonchev–Trinajstić information content (AvgIpc) is 3.01. The third-order valence-electron chi connectivity index (χ3n) is 3.56. The topological polar surface area (TPSA) is 48.1 Å². The molecule has 0 aliphatic rings. The fourth-order valence-electron chi connectivity index (χ4n) is 2.34. The maximum Gasteiger partial charge on any atom is 0.224 e. The van der Waals surface area contributed by atoms with Crippen LogP contribution < -0.4 is 10.2 Å². The molecule has 0 saturated heterocycles. The third kappa shape index (κ3) is 4.38. The zero-order chi connectivity index (χ0) is 15.1. The molecule has 112 valence electrons. The first-order valence-corrected chi connectivity index (χ1v) is 7.50. The number of carbonyl (C=O) groups excluding carboxylic acids is 1. The van der Waals surface area contributed by atoms with E-state index in [-0.39, 0.29) is 5.91 Å². The van der Waals surface area contributed by atoms with Crippen molar-refractivity contribution in [3.05, 3.63) is 48.3 Å². The van der Waals surface area contributed by atoms with Crippen molar-refractivity contribution in [3.8, 4) is 0 Å². The molecular weight excluding hydrogens is 262 g/mol. The highest BCUT2D eigenvalue weighted by atomic mass is 16.1. The van der Waals surface area contributed by atoms with Gasteiger partial charge in [-0.2, -0.15) is 0 Å². The molecule has 2 rings (SSSR count). The first kappa shape index (κ1) is 15.2. The summed E-state index contributed by atoms with van der Waals surface area (Å²) >= 11 is 0. The zero-order valence-corrected chi connectivity index (χ0v) is 12.7. The molecule has 21 heavy (non-hydrogen) atoms. The van der Waals surface area contributed by atoms with Gasteiger partial charge >= 0.3 is 0 Å². The second-order valence-corrected chi connectivity index (χ2v) is 4.96. The van der Waals surface area contributed by atoms with Crippen LogP contribution in [0.4, 0.5) is 11.4 Å². The number of aromatic amines is 1. The van der Waals surface area contributed by atoms with Gasteiger partial charge in [0, 0.05) is 42.8 Å². The number of nitrogens with one attached hydrogen (secondary N) is 2. The van der Waals surface area contributed by atoms with E-state index < -0.39 is 0 Å². The number of nitrogens with zero attached hydrogens (tertiary/aromatic N) is 1. The molecule has 1 aromatic carbocycles. The van der Waals surface area contributed by atoms with Gasteiger partial charge in [0.2, 0.25) is 5.91 Å². The van der Waals surface area contributed by atoms with E-state index in [1.165, 1.54) is 5.69 Å². The van der Waals surface area contributed by atoms with Crippen LogP contribution in [-0.2, 0) is 11.2 Å². The van der Waals surface area contributed by atoms with Crippen molar-refractivity contribution in [2.75, 3.05) is 23.3 Å². The third-order valence-corrected chi connectivity index (χ3v) is 3.56. The van der Waals surface area contributed by atoms with Crippen LogP contribution in [-0.4, -0.2) is 24.0 Å². The highest BCUT2D eigenvalue weighted by Crippen LogP contribution is 2.17. The van der Waals surface area contributed by atoms with E-state index in [2.05, 4.69) is 29.0 Å². The van der Waals surface area contributed by atoms with Gasteiger partial charge < -0.3 is 15.2 Å². The minimum atomic E-state index is 0.0418. The summed E-state index contributed by atoms with van der Waals surface area (Å²) in [4.78, 5) is 17.3. The Morgan fingerprint density at radius 3 is 2.43 bits per heavy atom. The fraction of sp³-hybridized carbons (Fsp3) is 0.353. The maximum atomic E-state index is 11.9. The van der Waals surface area contributed by atoms with Crippen LogP contribution in [0, 0.1) is 0 Å². The predicted octanol–water partition coefficient (Wildman–Crippen LogP) is 3.43. The van der Waals surface area contributed by atoms with E-state index in [0.717, 1.165) is 30.9 Å². The first-order chi connectivity index (χ1) is 10.2. The summed E-state index contributed by atoms with van der Waals surface area (Å²) < 4.78 is 0. The highest BCUT2D eigenvalue weighted by Gasteiger charge is 2.05. The van der Waals surface area contributed by atoms with E-state index >= 15 is 0 Å². The Morgan fingerprint density at radius 1 is 1.14 bits per heavy atom. The molecule has 0 unspecified atom stereocenters. The number of aromatic nitrogens is 1. The van der Waals surface area contributed by atoms with Crippen LogP contribution in [0.2, 0.25) is 0 Å². The Hall–Kier alpha value is -2.23. The van der Waals surface area contributed by atoms with Crippen molar-refractivity contribution in [2.45, 2.75) is 26.7 Å². The Balaban J connectivity index is 1.86. The van der Waals surface area contributed by atoms with Gasteiger partial charge in [-0.05, 0) is 56.7 Å². The number of hydrogen-bond acceptors (Lipinski definition) is 2. The lowest BCUT2D eigenvalue weighted by molar-refractivity contribution is -0.116. The molecular formula is C17H23N3O. The van der Waals surface area contributed by atoms with Crippen molar-refractivity contribution < 1.29 is 4.79 Å². The molecule has 4 heteroatoms. The van der Waals surface area contributed by atoms with Gasteiger partial charge in [0.05, 0.1) is 0 Å². The molecule has 0 atom stereocenters. The number of aryl methyl sites for hydroxylation is 1. The minimum absolute atomic E-state index is 0.0418. The summed E-state index contributed by atoms with van der Waals surface area (Å²) in [5, 5.41) is 2.94. The number of anilines is 2.